The standard InChI is InChI=1S/C15H19N3OS/c1-11(2)13-10-17-15(20-13)18(3)14(19)16-9-12-7-5-4-6-8-12/h4-8,10-11H,9H2,1-3H3,(H,16,19). The van der Waals surface area contributed by atoms with Crippen LogP contribution in [0.4, 0.5) is 9.93 Å². The summed E-state index contributed by atoms with van der Waals surface area (Å²) in [5, 5.41) is 3.61. The Labute approximate surface area is 123 Å². The van der Waals surface area contributed by atoms with Crippen LogP contribution < -0.4 is 10.2 Å². The molecule has 0 unspecified atom stereocenters. The van der Waals surface area contributed by atoms with Crippen LogP contribution in [-0.2, 0) is 6.54 Å². The van der Waals surface area contributed by atoms with E-state index in [0.717, 1.165) is 10.7 Å². The molecule has 0 spiro atoms. The molecule has 0 atom stereocenters. The first-order chi connectivity index (χ1) is 9.58. The third-order valence-electron chi connectivity index (χ3n) is 2.96. The molecule has 0 fully saturated rings. The number of hydrogen-bond donors (Lipinski definition) is 1. The van der Waals surface area contributed by atoms with Gasteiger partial charge < -0.3 is 5.32 Å². The van der Waals surface area contributed by atoms with Crippen molar-refractivity contribution >= 4 is 22.5 Å². The quantitative estimate of drug-likeness (QED) is 0.934. The van der Waals surface area contributed by atoms with E-state index < -0.39 is 0 Å². The van der Waals surface area contributed by atoms with Crippen molar-refractivity contribution in [2.45, 2.75) is 26.3 Å². The first-order valence-electron chi connectivity index (χ1n) is 6.59. The van der Waals surface area contributed by atoms with E-state index in [4.69, 9.17) is 0 Å². The highest BCUT2D eigenvalue weighted by Crippen LogP contribution is 2.27. The number of nitrogens with zero attached hydrogens (tertiary/aromatic N) is 2. The van der Waals surface area contributed by atoms with E-state index in [1.165, 1.54) is 4.88 Å². The summed E-state index contributed by atoms with van der Waals surface area (Å²) >= 11 is 1.55. The largest absolute Gasteiger partial charge is 0.334 e. The number of thiazole rings is 1. The average molecular weight is 289 g/mol. The van der Waals surface area contributed by atoms with Gasteiger partial charge >= 0.3 is 6.03 Å². The fourth-order valence-electron chi connectivity index (χ4n) is 1.68. The van der Waals surface area contributed by atoms with Gasteiger partial charge in [0.2, 0.25) is 0 Å². The second kappa shape index (κ2) is 6.52. The van der Waals surface area contributed by atoms with E-state index in [0.29, 0.717) is 12.5 Å². The maximum atomic E-state index is 12.1. The summed E-state index contributed by atoms with van der Waals surface area (Å²) in [5.41, 5.74) is 1.08. The predicted octanol–water partition coefficient (Wildman–Crippen LogP) is 3.61. The zero-order chi connectivity index (χ0) is 14.5. The molecule has 0 saturated carbocycles. The van der Waals surface area contributed by atoms with Crippen molar-refractivity contribution in [1.82, 2.24) is 10.3 Å². The highest BCUT2D eigenvalue weighted by atomic mass is 32.1. The summed E-state index contributed by atoms with van der Waals surface area (Å²) in [6, 6.07) is 9.71. The van der Waals surface area contributed by atoms with Gasteiger partial charge in [0.15, 0.2) is 5.13 Å². The summed E-state index contributed by atoms with van der Waals surface area (Å²) in [4.78, 5) is 19.1. The molecule has 2 aromatic rings. The summed E-state index contributed by atoms with van der Waals surface area (Å²) in [6.45, 7) is 4.76. The molecule has 5 heteroatoms. The van der Waals surface area contributed by atoms with Crippen LogP contribution in [0.1, 0.15) is 30.2 Å². The van der Waals surface area contributed by atoms with Crippen molar-refractivity contribution in [3.8, 4) is 0 Å². The number of carbonyl (C=O) groups excluding carboxylic acids is 1. The molecule has 1 aromatic heterocycles. The van der Waals surface area contributed by atoms with Gasteiger partial charge in [-0.3, -0.25) is 4.90 Å². The zero-order valence-electron chi connectivity index (χ0n) is 12.0. The lowest BCUT2D eigenvalue weighted by Crippen LogP contribution is -2.36. The van der Waals surface area contributed by atoms with E-state index in [9.17, 15) is 4.79 Å². The summed E-state index contributed by atoms with van der Waals surface area (Å²) in [6.07, 6.45) is 1.84. The predicted molar refractivity (Wildman–Crippen MR) is 83.3 cm³/mol. The van der Waals surface area contributed by atoms with Crippen LogP contribution in [0.15, 0.2) is 36.5 Å². The molecule has 0 radical (unpaired) electrons. The molecule has 2 amide bonds. The average Bonchev–Trinajstić information content (AvgIpc) is 2.95. The third-order valence-corrected chi connectivity index (χ3v) is 4.33. The van der Waals surface area contributed by atoms with E-state index in [2.05, 4.69) is 24.1 Å². The van der Waals surface area contributed by atoms with Crippen LogP contribution in [0.2, 0.25) is 0 Å². The Hall–Kier alpha value is -1.88. The molecule has 0 aliphatic rings. The number of benzene rings is 1. The highest BCUT2D eigenvalue weighted by Gasteiger charge is 2.15. The number of hydrogen-bond acceptors (Lipinski definition) is 3. The molecular weight excluding hydrogens is 270 g/mol. The van der Waals surface area contributed by atoms with Gasteiger partial charge in [0.25, 0.3) is 0 Å². The first kappa shape index (κ1) is 14.5. The number of amides is 2. The van der Waals surface area contributed by atoms with Crippen LogP contribution in [0.3, 0.4) is 0 Å². The van der Waals surface area contributed by atoms with Crippen molar-refractivity contribution in [2.75, 3.05) is 11.9 Å². The Kier molecular flexibility index (Phi) is 4.74. The van der Waals surface area contributed by atoms with Gasteiger partial charge in [-0.15, -0.1) is 11.3 Å². The minimum Gasteiger partial charge on any atom is -0.334 e. The van der Waals surface area contributed by atoms with Gasteiger partial charge in [-0.25, -0.2) is 9.78 Å². The minimum absolute atomic E-state index is 0.140. The normalized spacial score (nSPS) is 10.6. The molecule has 20 heavy (non-hydrogen) atoms. The fraction of sp³-hybridized carbons (Fsp3) is 0.333. The lowest BCUT2D eigenvalue weighted by Gasteiger charge is -2.14. The summed E-state index contributed by atoms with van der Waals surface area (Å²) in [5.74, 6) is 0.432. The van der Waals surface area contributed by atoms with Crippen LogP contribution in [0, 0.1) is 0 Å². The highest BCUT2D eigenvalue weighted by molar-refractivity contribution is 7.15. The van der Waals surface area contributed by atoms with Crippen LogP contribution in [0.5, 0.6) is 0 Å². The van der Waals surface area contributed by atoms with Crippen LogP contribution in [0.25, 0.3) is 0 Å². The molecule has 4 nitrogen and oxygen atoms in total. The third kappa shape index (κ3) is 3.57. The summed E-state index contributed by atoms with van der Waals surface area (Å²) < 4.78 is 0. The number of nitrogens with one attached hydrogen (secondary N) is 1. The van der Waals surface area contributed by atoms with Crippen molar-refractivity contribution in [1.29, 1.82) is 0 Å². The minimum atomic E-state index is -0.140. The van der Waals surface area contributed by atoms with Gasteiger partial charge in [-0.2, -0.15) is 0 Å². The second-order valence-electron chi connectivity index (χ2n) is 4.90. The van der Waals surface area contributed by atoms with E-state index in [-0.39, 0.29) is 6.03 Å². The number of anilines is 1. The molecule has 0 aliphatic carbocycles. The molecule has 1 heterocycles. The van der Waals surface area contributed by atoms with Crippen LogP contribution >= 0.6 is 11.3 Å². The molecule has 0 saturated heterocycles. The Morgan fingerprint density at radius 2 is 2.05 bits per heavy atom. The zero-order valence-corrected chi connectivity index (χ0v) is 12.8. The van der Waals surface area contributed by atoms with Gasteiger partial charge in [0.05, 0.1) is 0 Å². The van der Waals surface area contributed by atoms with Gasteiger partial charge in [0.1, 0.15) is 0 Å². The number of rotatable bonds is 4. The number of aromatic nitrogens is 1. The molecule has 0 aliphatic heterocycles. The van der Waals surface area contributed by atoms with Crippen molar-refractivity contribution in [3.05, 3.63) is 47.0 Å². The molecule has 1 aromatic carbocycles. The fourth-order valence-corrected chi connectivity index (χ4v) is 2.56. The van der Waals surface area contributed by atoms with Crippen molar-refractivity contribution in [2.24, 2.45) is 0 Å². The Balaban J connectivity index is 1.94. The van der Waals surface area contributed by atoms with Gasteiger partial charge in [-0.05, 0) is 11.5 Å². The number of carbonyl (C=O) groups is 1. The second-order valence-corrected chi connectivity index (χ2v) is 5.94. The molecule has 106 valence electrons. The monoisotopic (exact) mass is 289 g/mol. The molecule has 1 N–H and O–H groups in total. The Morgan fingerprint density at radius 1 is 1.35 bits per heavy atom. The topological polar surface area (TPSA) is 45.2 Å². The van der Waals surface area contributed by atoms with Crippen molar-refractivity contribution in [3.63, 3.8) is 0 Å². The van der Waals surface area contributed by atoms with Gasteiger partial charge in [0, 0.05) is 24.7 Å². The Bertz CT molecular complexity index is 566. The maximum absolute atomic E-state index is 12.1. The molecule has 0 bridgehead atoms. The number of urea groups is 1. The first-order valence-corrected chi connectivity index (χ1v) is 7.40. The summed E-state index contributed by atoms with van der Waals surface area (Å²) in [7, 11) is 1.74. The lowest BCUT2D eigenvalue weighted by molar-refractivity contribution is 0.247. The van der Waals surface area contributed by atoms with E-state index >= 15 is 0 Å². The maximum Gasteiger partial charge on any atom is 0.323 e. The SMILES string of the molecule is CC(C)c1cnc(N(C)C(=O)NCc2ccccc2)s1. The Morgan fingerprint density at radius 3 is 2.65 bits per heavy atom. The molecule has 2 rings (SSSR count). The van der Waals surface area contributed by atoms with Crippen LogP contribution in [-0.4, -0.2) is 18.1 Å². The van der Waals surface area contributed by atoms with E-state index in [1.807, 2.05) is 36.5 Å². The van der Waals surface area contributed by atoms with Gasteiger partial charge in [-0.1, -0.05) is 44.2 Å². The van der Waals surface area contributed by atoms with Crippen molar-refractivity contribution < 1.29 is 4.79 Å². The smallest absolute Gasteiger partial charge is 0.323 e. The van der Waals surface area contributed by atoms with E-state index in [1.54, 1.807) is 23.3 Å². The lowest BCUT2D eigenvalue weighted by atomic mass is 10.2. The molecular formula is C15H19N3OS.